The number of rotatable bonds is 6. The molecular formula is C22H28N2O2. The molecule has 0 saturated carbocycles. The van der Waals surface area contributed by atoms with Crippen LogP contribution in [0.3, 0.4) is 0 Å². The van der Waals surface area contributed by atoms with Crippen molar-refractivity contribution in [3.63, 3.8) is 0 Å². The highest BCUT2D eigenvalue weighted by Crippen LogP contribution is 2.28. The molecule has 4 heteroatoms. The molecule has 0 saturated heterocycles. The predicted molar refractivity (Wildman–Crippen MR) is 107 cm³/mol. The van der Waals surface area contributed by atoms with E-state index in [9.17, 15) is 9.59 Å². The number of nitrogens with zero attached hydrogens (tertiary/aromatic N) is 1. The first-order valence-corrected chi connectivity index (χ1v) is 9.19. The Kier molecular flexibility index (Phi) is 6.56. The molecule has 0 aliphatic rings. The smallest absolute Gasteiger partial charge is 0.255 e. The molecule has 0 unspecified atom stereocenters. The summed E-state index contributed by atoms with van der Waals surface area (Å²) >= 11 is 0. The minimum atomic E-state index is -0.199. The van der Waals surface area contributed by atoms with Gasteiger partial charge < -0.3 is 10.2 Å². The summed E-state index contributed by atoms with van der Waals surface area (Å²) in [6.45, 7) is 11.4. The summed E-state index contributed by atoms with van der Waals surface area (Å²) in [5.41, 5.74) is 4.01. The van der Waals surface area contributed by atoms with E-state index in [-0.39, 0.29) is 11.8 Å². The quantitative estimate of drug-likeness (QED) is 0.808. The van der Waals surface area contributed by atoms with Gasteiger partial charge in [-0.3, -0.25) is 9.59 Å². The maximum absolute atomic E-state index is 12.8. The third-order valence-electron chi connectivity index (χ3n) is 4.59. The zero-order valence-electron chi connectivity index (χ0n) is 16.3. The van der Waals surface area contributed by atoms with Gasteiger partial charge in [0.05, 0.1) is 0 Å². The van der Waals surface area contributed by atoms with Gasteiger partial charge in [0, 0.05) is 29.9 Å². The van der Waals surface area contributed by atoms with Crippen LogP contribution >= 0.6 is 0 Å². The lowest BCUT2D eigenvalue weighted by Gasteiger charge is -2.19. The molecule has 1 N–H and O–H groups in total. The Labute approximate surface area is 156 Å². The van der Waals surface area contributed by atoms with Crippen LogP contribution in [-0.4, -0.2) is 29.8 Å². The van der Waals surface area contributed by atoms with Gasteiger partial charge in [0.2, 0.25) is 0 Å². The number of carbonyl (C=O) groups is 2. The van der Waals surface area contributed by atoms with E-state index in [4.69, 9.17) is 0 Å². The number of hydrogen-bond acceptors (Lipinski definition) is 2. The van der Waals surface area contributed by atoms with Crippen molar-refractivity contribution >= 4 is 17.5 Å². The average Bonchev–Trinajstić information content (AvgIpc) is 2.64. The first kappa shape index (κ1) is 19.7. The molecule has 2 amide bonds. The number of nitrogens with one attached hydrogen (secondary N) is 1. The Hall–Kier alpha value is -2.62. The summed E-state index contributed by atoms with van der Waals surface area (Å²) < 4.78 is 0. The molecule has 0 aromatic heterocycles. The van der Waals surface area contributed by atoms with Crippen LogP contribution in [0.25, 0.3) is 0 Å². The van der Waals surface area contributed by atoms with Gasteiger partial charge in [-0.25, -0.2) is 0 Å². The standard InChI is InChI=1S/C22H28N2O2/c1-6-24(7-2)22(26)18-12-9-11-17(14-18)21(25)23-20-16(5)10-8-13-19(20)15(3)4/h8-15H,6-7H2,1-5H3,(H,23,25). The summed E-state index contributed by atoms with van der Waals surface area (Å²) in [6.07, 6.45) is 0. The number of anilines is 1. The number of hydrogen-bond donors (Lipinski definition) is 1. The van der Waals surface area contributed by atoms with Gasteiger partial charge >= 0.3 is 0 Å². The SMILES string of the molecule is CCN(CC)C(=O)c1cccc(C(=O)Nc2c(C)cccc2C(C)C)c1. The lowest BCUT2D eigenvalue weighted by molar-refractivity contribution is 0.0773. The fourth-order valence-corrected chi connectivity index (χ4v) is 3.01. The molecule has 138 valence electrons. The molecule has 0 heterocycles. The maximum atomic E-state index is 12.8. The molecule has 0 bridgehead atoms. The van der Waals surface area contributed by atoms with Crippen molar-refractivity contribution in [1.82, 2.24) is 4.90 Å². The highest BCUT2D eigenvalue weighted by atomic mass is 16.2. The Morgan fingerprint density at radius 2 is 1.62 bits per heavy atom. The minimum Gasteiger partial charge on any atom is -0.339 e. The molecule has 4 nitrogen and oxygen atoms in total. The van der Waals surface area contributed by atoms with Gasteiger partial charge in [-0.1, -0.05) is 38.1 Å². The molecule has 0 radical (unpaired) electrons. The van der Waals surface area contributed by atoms with Crippen LogP contribution in [-0.2, 0) is 0 Å². The second kappa shape index (κ2) is 8.65. The van der Waals surface area contributed by atoms with Crippen LogP contribution in [0, 0.1) is 6.92 Å². The lowest BCUT2D eigenvalue weighted by Crippen LogP contribution is -2.30. The van der Waals surface area contributed by atoms with Crippen LogP contribution in [0.15, 0.2) is 42.5 Å². The molecule has 0 atom stereocenters. The molecule has 0 aliphatic carbocycles. The van der Waals surface area contributed by atoms with Crippen LogP contribution in [0.1, 0.15) is 65.5 Å². The average molecular weight is 352 g/mol. The minimum absolute atomic E-state index is 0.0524. The van der Waals surface area contributed by atoms with Crippen molar-refractivity contribution in [1.29, 1.82) is 0 Å². The second-order valence-electron chi connectivity index (χ2n) is 6.71. The van der Waals surface area contributed by atoms with Gasteiger partial charge in [0.1, 0.15) is 0 Å². The summed E-state index contributed by atoms with van der Waals surface area (Å²) in [7, 11) is 0. The molecule has 2 aromatic carbocycles. The first-order valence-electron chi connectivity index (χ1n) is 9.19. The molecule has 0 fully saturated rings. The lowest BCUT2D eigenvalue weighted by atomic mass is 9.98. The largest absolute Gasteiger partial charge is 0.339 e. The van der Waals surface area contributed by atoms with Crippen LogP contribution in [0.4, 0.5) is 5.69 Å². The fraction of sp³-hybridized carbons (Fsp3) is 0.364. The van der Waals surface area contributed by atoms with Gasteiger partial charge in [0.25, 0.3) is 11.8 Å². The van der Waals surface area contributed by atoms with E-state index in [0.717, 1.165) is 16.8 Å². The predicted octanol–water partition coefficient (Wildman–Crippen LogP) is 4.85. The van der Waals surface area contributed by atoms with Crippen LogP contribution in [0.5, 0.6) is 0 Å². The van der Waals surface area contributed by atoms with Crippen molar-refractivity contribution in [3.8, 4) is 0 Å². The van der Waals surface area contributed by atoms with Gasteiger partial charge in [-0.2, -0.15) is 0 Å². The second-order valence-corrected chi connectivity index (χ2v) is 6.71. The van der Waals surface area contributed by atoms with E-state index in [1.807, 2.05) is 39.0 Å². The van der Waals surface area contributed by atoms with Crippen molar-refractivity contribution in [3.05, 3.63) is 64.7 Å². The van der Waals surface area contributed by atoms with Gasteiger partial charge in [0.15, 0.2) is 0 Å². The number of para-hydroxylation sites is 1. The number of aryl methyl sites for hydroxylation is 1. The molecule has 2 aromatic rings. The van der Waals surface area contributed by atoms with E-state index in [1.54, 1.807) is 29.2 Å². The summed E-state index contributed by atoms with van der Waals surface area (Å²) in [5.74, 6) is 0.0552. The fourth-order valence-electron chi connectivity index (χ4n) is 3.01. The maximum Gasteiger partial charge on any atom is 0.255 e. The van der Waals surface area contributed by atoms with E-state index in [2.05, 4.69) is 19.2 Å². The van der Waals surface area contributed by atoms with Gasteiger partial charge in [-0.05, 0) is 56.0 Å². The van der Waals surface area contributed by atoms with E-state index in [1.165, 1.54) is 0 Å². The van der Waals surface area contributed by atoms with Gasteiger partial charge in [-0.15, -0.1) is 0 Å². The first-order chi connectivity index (χ1) is 12.4. The van der Waals surface area contributed by atoms with E-state index >= 15 is 0 Å². The Morgan fingerprint density at radius 3 is 2.23 bits per heavy atom. The third kappa shape index (κ3) is 4.31. The van der Waals surface area contributed by atoms with Crippen molar-refractivity contribution in [2.24, 2.45) is 0 Å². The van der Waals surface area contributed by atoms with E-state index in [0.29, 0.717) is 30.1 Å². The van der Waals surface area contributed by atoms with Crippen LogP contribution < -0.4 is 5.32 Å². The molecule has 2 rings (SSSR count). The number of amides is 2. The molecular weight excluding hydrogens is 324 g/mol. The summed E-state index contributed by atoms with van der Waals surface area (Å²) in [6, 6.07) is 12.9. The number of benzene rings is 2. The molecule has 0 spiro atoms. The summed E-state index contributed by atoms with van der Waals surface area (Å²) in [4.78, 5) is 27.1. The number of carbonyl (C=O) groups excluding carboxylic acids is 2. The highest BCUT2D eigenvalue weighted by molar-refractivity contribution is 6.06. The Morgan fingerprint density at radius 1 is 1.00 bits per heavy atom. The Balaban J connectivity index is 2.30. The van der Waals surface area contributed by atoms with Crippen LogP contribution in [0.2, 0.25) is 0 Å². The molecule has 0 aliphatic heterocycles. The van der Waals surface area contributed by atoms with E-state index < -0.39 is 0 Å². The van der Waals surface area contributed by atoms with Crippen molar-refractivity contribution in [2.75, 3.05) is 18.4 Å². The zero-order chi connectivity index (χ0) is 19.3. The topological polar surface area (TPSA) is 49.4 Å². The highest BCUT2D eigenvalue weighted by Gasteiger charge is 2.16. The molecule has 26 heavy (non-hydrogen) atoms. The monoisotopic (exact) mass is 352 g/mol. The normalized spacial score (nSPS) is 10.7. The summed E-state index contributed by atoms with van der Waals surface area (Å²) in [5, 5.41) is 3.04. The Bertz CT molecular complexity index is 792. The third-order valence-corrected chi connectivity index (χ3v) is 4.59. The zero-order valence-corrected chi connectivity index (χ0v) is 16.3. The van der Waals surface area contributed by atoms with Crippen molar-refractivity contribution in [2.45, 2.75) is 40.5 Å². The van der Waals surface area contributed by atoms with Crippen molar-refractivity contribution < 1.29 is 9.59 Å².